The minimum Gasteiger partial charge on any atom is -0.322 e. The van der Waals surface area contributed by atoms with E-state index in [9.17, 15) is 13.2 Å². The van der Waals surface area contributed by atoms with E-state index in [1.165, 1.54) is 24.3 Å². The Hall–Kier alpha value is -2.51. The predicted octanol–water partition coefficient (Wildman–Crippen LogP) is 4.03. The van der Waals surface area contributed by atoms with Gasteiger partial charge in [-0.25, -0.2) is 13.4 Å². The fourth-order valence-corrected chi connectivity index (χ4v) is 3.77. The molecule has 0 radical (unpaired) electrons. The van der Waals surface area contributed by atoms with Crippen molar-refractivity contribution in [3.63, 3.8) is 0 Å². The van der Waals surface area contributed by atoms with Gasteiger partial charge in [-0.15, -0.1) is 11.3 Å². The fourth-order valence-electron chi connectivity index (χ4n) is 2.39. The van der Waals surface area contributed by atoms with Crippen LogP contribution in [0, 0.1) is 0 Å². The van der Waals surface area contributed by atoms with Gasteiger partial charge in [0.25, 0.3) is 5.91 Å². The number of aryl methyl sites for hydroxylation is 1. The van der Waals surface area contributed by atoms with Gasteiger partial charge in [0.05, 0.1) is 15.6 Å². The van der Waals surface area contributed by atoms with Crippen molar-refractivity contribution in [3.05, 3.63) is 64.5 Å². The van der Waals surface area contributed by atoms with Gasteiger partial charge in [-0.3, -0.25) is 4.79 Å². The van der Waals surface area contributed by atoms with Gasteiger partial charge in [0.1, 0.15) is 0 Å². The molecule has 1 amide bonds. The Bertz CT molecular complexity index is 1020. The molecule has 1 heterocycles. The van der Waals surface area contributed by atoms with Crippen molar-refractivity contribution < 1.29 is 13.2 Å². The van der Waals surface area contributed by atoms with E-state index in [4.69, 9.17) is 0 Å². The minimum absolute atomic E-state index is 0.188. The molecule has 0 aliphatic rings. The highest BCUT2D eigenvalue weighted by molar-refractivity contribution is 7.90. The zero-order chi connectivity index (χ0) is 18.7. The number of sulfone groups is 1. The van der Waals surface area contributed by atoms with E-state index in [0.29, 0.717) is 11.3 Å². The summed E-state index contributed by atoms with van der Waals surface area (Å²) in [5, 5.41) is 5.92. The van der Waals surface area contributed by atoms with E-state index >= 15 is 0 Å². The Morgan fingerprint density at radius 2 is 1.73 bits per heavy atom. The second-order valence-electron chi connectivity index (χ2n) is 5.81. The van der Waals surface area contributed by atoms with Crippen molar-refractivity contribution >= 4 is 32.8 Å². The molecule has 0 atom stereocenters. The molecule has 0 bridgehead atoms. The third kappa shape index (κ3) is 4.17. The fraction of sp³-hybridized carbons (Fsp3) is 0.158. The molecular formula is C19H18N2O3S2. The summed E-state index contributed by atoms with van der Waals surface area (Å²) in [5.74, 6) is -0.292. The van der Waals surface area contributed by atoms with Crippen LogP contribution in [0.5, 0.6) is 0 Å². The number of benzene rings is 2. The standard InChI is InChI=1S/C19H18N2O3S2/c1-3-18-21-17(12-25-18)13-4-8-15(9-5-13)20-19(22)14-6-10-16(11-7-14)26(2,23)24/h4-12H,3H2,1-2H3,(H,20,22). The van der Waals surface area contributed by atoms with Crippen LogP contribution in [0.1, 0.15) is 22.3 Å². The number of rotatable bonds is 5. The quantitative estimate of drug-likeness (QED) is 0.718. The number of carbonyl (C=O) groups is 1. The maximum atomic E-state index is 12.3. The minimum atomic E-state index is -3.27. The zero-order valence-electron chi connectivity index (χ0n) is 14.4. The van der Waals surface area contributed by atoms with Crippen LogP contribution in [0.25, 0.3) is 11.3 Å². The molecule has 3 aromatic rings. The number of anilines is 1. The van der Waals surface area contributed by atoms with Crippen LogP contribution in [-0.2, 0) is 16.3 Å². The molecule has 26 heavy (non-hydrogen) atoms. The summed E-state index contributed by atoms with van der Waals surface area (Å²) in [4.78, 5) is 17.0. The summed E-state index contributed by atoms with van der Waals surface area (Å²) < 4.78 is 22.9. The molecule has 0 fully saturated rings. The molecule has 7 heteroatoms. The molecule has 2 aromatic carbocycles. The second-order valence-corrected chi connectivity index (χ2v) is 8.77. The number of thiazole rings is 1. The van der Waals surface area contributed by atoms with Gasteiger partial charge < -0.3 is 5.32 Å². The third-order valence-corrected chi connectivity index (χ3v) is 5.96. The maximum absolute atomic E-state index is 12.3. The summed E-state index contributed by atoms with van der Waals surface area (Å²) in [6.07, 6.45) is 2.05. The highest BCUT2D eigenvalue weighted by Gasteiger charge is 2.10. The number of hydrogen-bond acceptors (Lipinski definition) is 5. The monoisotopic (exact) mass is 386 g/mol. The first kappa shape index (κ1) is 18.3. The van der Waals surface area contributed by atoms with E-state index < -0.39 is 9.84 Å². The Kier molecular flexibility index (Phi) is 5.20. The first-order valence-corrected chi connectivity index (χ1v) is 10.8. The average molecular weight is 386 g/mol. The van der Waals surface area contributed by atoms with E-state index in [1.54, 1.807) is 11.3 Å². The number of amides is 1. The third-order valence-electron chi connectivity index (χ3n) is 3.84. The smallest absolute Gasteiger partial charge is 0.255 e. The first-order valence-electron chi connectivity index (χ1n) is 8.03. The SMILES string of the molecule is CCc1nc(-c2ccc(NC(=O)c3ccc(S(C)(=O)=O)cc3)cc2)cs1. The predicted molar refractivity (Wildman–Crippen MR) is 104 cm³/mol. The Labute approximate surface area is 156 Å². The summed E-state index contributed by atoms with van der Waals surface area (Å²) in [5.41, 5.74) is 2.99. The van der Waals surface area contributed by atoms with E-state index in [-0.39, 0.29) is 10.8 Å². The lowest BCUT2D eigenvalue weighted by Gasteiger charge is -2.07. The molecule has 0 saturated carbocycles. The maximum Gasteiger partial charge on any atom is 0.255 e. The summed E-state index contributed by atoms with van der Waals surface area (Å²) in [6, 6.07) is 13.3. The van der Waals surface area contributed by atoms with E-state index in [0.717, 1.165) is 28.9 Å². The van der Waals surface area contributed by atoms with Crippen molar-refractivity contribution in [3.8, 4) is 11.3 Å². The topological polar surface area (TPSA) is 76.1 Å². The number of nitrogens with one attached hydrogen (secondary N) is 1. The molecule has 1 aromatic heterocycles. The van der Waals surface area contributed by atoms with Crippen LogP contribution < -0.4 is 5.32 Å². The number of hydrogen-bond donors (Lipinski definition) is 1. The lowest BCUT2D eigenvalue weighted by Crippen LogP contribution is -2.12. The lowest BCUT2D eigenvalue weighted by atomic mass is 10.1. The lowest BCUT2D eigenvalue weighted by molar-refractivity contribution is 0.102. The summed E-state index contributed by atoms with van der Waals surface area (Å²) in [7, 11) is -3.27. The molecule has 0 saturated heterocycles. The van der Waals surface area contributed by atoms with Crippen molar-refractivity contribution in [1.82, 2.24) is 4.98 Å². The molecule has 5 nitrogen and oxygen atoms in total. The molecule has 1 N–H and O–H groups in total. The van der Waals surface area contributed by atoms with Crippen molar-refractivity contribution in [2.24, 2.45) is 0 Å². The van der Waals surface area contributed by atoms with Crippen LogP contribution in [0.3, 0.4) is 0 Å². The Morgan fingerprint density at radius 1 is 1.08 bits per heavy atom. The van der Waals surface area contributed by atoms with Crippen molar-refractivity contribution in [2.45, 2.75) is 18.2 Å². The van der Waals surface area contributed by atoms with E-state index in [2.05, 4.69) is 17.2 Å². The van der Waals surface area contributed by atoms with Gasteiger partial charge in [-0.2, -0.15) is 0 Å². The van der Waals surface area contributed by atoms with Crippen LogP contribution in [-0.4, -0.2) is 25.6 Å². The van der Waals surface area contributed by atoms with Crippen molar-refractivity contribution in [2.75, 3.05) is 11.6 Å². The summed E-state index contributed by atoms with van der Waals surface area (Å²) >= 11 is 1.64. The molecule has 3 rings (SSSR count). The van der Waals surface area contributed by atoms with Gasteiger partial charge in [-0.05, 0) is 42.8 Å². The zero-order valence-corrected chi connectivity index (χ0v) is 16.0. The highest BCUT2D eigenvalue weighted by atomic mass is 32.2. The van der Waals surface area contributed by atoms with Crippen LogP contribution in [0.15, 0.2) is 58.8 Å². The second kappa shape index (κ2) is 7.39. The van der Waals surface area contributed by atoms with Gasteiger partial charge in [-0.1, -0.05) is 19.1 Å². The highest BCUT2D eigenvalue weighted by Crippen LogP contribution is 2.24. The van der Waals surface area contributed by atoms with Gasteiger partial charge in [0.15, 0.2) is 9.84 Å². The van der Waals surface area contributed by atoms with Gasteiger partial charge >= 0.3 is 0 Å². The molecular weight excluding hydrogens is 368 g/mol. The van der Waals surface area contributed by atoms with Crippen LogP contribution in [0.4, 0.5) is 5.69 Å². The molecule has 0 unspecified atom stereocenters. The molecule has 0 aliphatic heterocycles. The number of carbonyl (C=O) groups excluding carboxylic acids is 1. The number of nitrogens with zero attached hydrogens (tertiary/aromatic N) is 1. The molecule has 0 spiro atoms. The van der Waals surface area contributed by atoms with Crippen LogP contribution in [0.2, 0.25) is 0 Å². The van der Waals surface area contributed by atoms with Crippen LogP contribution >= 0.6 is 11.3 Å². The van der Waals surface area contributed by atoms with Crippen molar-refractivity contribution in [1.29, 1.82) is 0 Å². The Morgan fingerprint density at radius 3 is 2.27 bits per heavy atom. The Balaban J connectivity index is 1.71. The van der Waals surface area contributed by atoms with E-state index in [1.807, 2.05) is 29.6 Å². The average Bonchev–Trinajstić information content (AvgIpc) is 3.11. The molecule has 0 aliphatic carbocycles. The van der Waals surface area contributed by atoms with Gasteiger partial charge in [0.2, 0.25) is 0 Å². The summed E-state index contributed by atoms with van der Waals surface area (Å²) in [6.45, 7) is 2.07. The largest absolute Gasteiger partial charge is 0.322 e. The number of aromatic nitrogens is 1. The van der Waals surface area contributed by atoms with Gasteiger partial charge in [0, 0.05) is 28.5 Å². The molecule has 134 valence electrons. The first-order chi connectivity index (χ1) is 12.4. The normalized spacial score (nSPS) is 11.3.